The first-order valence-corrected chi connectivity index (χ1v) is 7.41. The van der Waals surface area contributed by atoms with Gasteiger partial charge in [-0.15, -0.1) is 0 Å². The predicted octanol–water partition coefficient (Wildman–Crippen LogP) is 2.27. The number of rotatable bonds is 3. The summed E-state index contributed by atoms with van der Waals surface area (Å²) < 4.78 is 7.37. The normalized spacial score (nSPS) is 16.9. The van der Waals surface area contributed by atoms with Gasteiger partial charge in [0.2, 0.25) is 5.76 Å². The zero-order chi connectivity index (χ0) is 15.7. The Labute approximate surface area is 128 Å². The largest absolute Gasteiger partial charge is 0.450 e. The lowest BCUT2D eigenvalue weighted by Crippen LogP contribution is -2.31. The Balaban J connectivity index is 1.69. The van der Waals surface area contributed by atoms with Gasteiger partial charge in [0.15, 0.2) is 0 Å². The van der Waals surface area contributed by atoms with Crippen LogP contribution < -0.4 is 5.32 Å². The average Bonchev–Trinajstić information content (AvgIpc) is 3.06. The monoisotopic (exact) mass is 298 g/mol. The van der Waals surface area contributed by atoms with E-state index in [-0.39, 0.29) is 17.6 Å². The molecule has 1 amide bonds. The lowest BCUT2D eigenvalue weighted by molar-refractivity contribution is 0.0948. The van der Waals surface area contributed by atoms with E-state index in [0.717, 1.165) is 30.9 Å². The van der Waals surface area contributed by atoms with Gasteiger partial charge in [-0.1, -0.05) is 0 Å². The fraction of sp³-hybridized carbons (Fsp3) is 0.438. The second-order valence-corrected chi connectivity index (χ2v) is 5.68. The van der Waals surface area contributed by atoms with Gasteiger partial charge in [0, 0.05) is 31.3 Å². The number of hydrogen-bond acceptors (Lipinski definition) is 4. The lowest BCUT2D eigenvalue weighted by Gasteiger charge is -2.23. The second kappa shape index (κ2) is 5.68. The highest BCUT2D eigenvalue weighted by Crippen LogP contribution is 2.26. The first-order chi connectivity index (χ1) is 10.6. The summed E-state index contributed by atoms with van der Waals surface area (Å²) in [6, 6.07) is 3.39. The lowest BCUT2D eigenvalue weighted by atomic mass is 9.99. The summed E-state index contributed by atoms with van der Waals surface area (Å²) in [5.74, 6) is 1.70. The van der Waals surface area contributed by atoms with Crippen LogP contribution >= 0.6 is 0 Å². The molecule has 1 aliphatic rings. The Hall–Kier alpha value is -2.55. The molecule has 3 heterocycles. The third-order valence-corrected chi connectivity index (χ3v) is 4.03. The summed E-state index contributed by atoms with van der Waals surface area (Å²) in [4.78, 5) is 16.8. The van der Waals surface area contributed by atoms with Crippen LogP contribution in [0.15, 0.2) is 16.7 Å². The summed E-state index contributed by atoms with van der Waals surface area (Å²) in [6.07, 6.45) is 4.17. The number of aromatic nitrogens is 2. The number of carbonyl (C=O) groups is 1. The van der Waals surface area contributed by atoms with E-state index in [4.69, 9.17) is 9.68 Å². The van der Waals surface area contributed by atoms with Crippen LogP contribution in [0.5, 0.6) is 0 Å². The van der Waals surface area contributed by atoms with Crippen molar-refractivity contribution >= 4 is 5.91 Å². The van der Waals surface area contributed by atoms with Crippen LogP contribution in [0.25, 0.3) is 0 Å². The highest BCUT2D eigenvalue weighted by Gasteiger charge is 2.24. The third-order valence-electron chi connectivity index (χ3n) is 4.03. The van der Waals surface area contributed by atoms with Gasteiger partial charge in [-0.05, 0) is 26.7 Å². The molecular weight excluding hydrogens is 280 g/mol. The topological polar surface area (TPSA) is 83.9 Å². The number of nitriles is 1. The molecule has 2 aromatic heterocycles. The maximum absolute atomic E-state index is 12.2. The third kappa shape index (κ3) is 2.62. The minimum absolute atomic E-state index is 0.159. The summed E-state index contributed by atoms with van der Waals surface area (Å²) in [5, 5.41) is 11.8. The molecule has 6 nitrogen and oxygen atoms in total. The Morgan fingerprint density at radius 2 is 2.41 bits per heavy atom. The molecule has 1 atom stereocenters. The Kier molecular flexibility index (Phi) is 3.72. The van der Waals surface area contributed by atoms with Crippen LogP contribution in [0.1, 0.15) is 52.2 Å². The van der Waals surface area contributed by atoms with Gasteiger partial charge in [-0.3, -0.25) is 4.79 Å². The molecule has 1 N–H and O–H groups in total. The fourth-order valence-corrected chi connectivity index (χ4v) is 2.97. The molecule has 6 heteroatoms. The molecule has 0 radical (unpaired) electrons. The van der Waals surface area contributed by atoms with Crippen molar-refractivity contribution in [1.29, 1.82) is 5.26 Å². The molecule has 0 saturated heterocycles. The average molecular weight is 298 g/mol. The molecule has 2 aromatic rings. The van der Waals surface area contributed by atoms with Gasteiger partial charge < -0.3 is 14.3 Å². The maximum atomic E-state index is 12.2. The first kappa shape index (κ1) is 14.4. The second-order valence-electron chi connectivity index (χ2n) is 5.68. The minimum atomic E-state index is -0.205. The number of carbonyl (C=O) groups excluding carboxylic acids is 1. The molecule has 0 bridgehead atoms. The Morgan fingerprint density at radius 1 is 1.59 bits per heavy atom. The summed E-state index contributed by atoms with van der Waals surface area (Å²) in [7, 11) is 0. The van der Waals surface area contributed by atoms with Crippen LogP contribution in [-0.2, 0) is 6.54 Å². The van der Waals surface area contributed by atoms with Crippen LogP contribution in [0.4, 0.5) is 0 Å². The van der Waals surface area contributed by atoms with E-state index in [2.05, 4.69) is 21.1 Å². The summed E-state index contributed by atoms with van der Waals surface area (Å²) >= 11 is 0. The molecule has 114 valence electrons. The van der Waals surface area contributed by atoms with Crippen molar-refractivity contribution in [3.63, 3.8) is 0 Å². The quantitative estimate of drug-likeness (QED) is 0.942. The van der Waals surface area contributed by atoms with Gasteiger partial charge in [-0.2, -0.15) is 5.26 Å². The van der Waals surface area contributed by atoms with E-state index in [1.165, 1.54) is 6.07 Å². The summed E-state index contributed by atoms with van der Waals surface area (Å²) in [5.41, 5.74) is 1.43. The van der Waals surface area contributed by atoms with E-state index >= 15 is 0 Å². The number of imidazole rings is 1. The predicted molar refractivity (Wildman–Crippen MR) is 79.4 cm³/mol. The van der Waals surface area contributed by atoms with Crippen molar-refractivity contribution in [3.8, 4) is 6.07 Å². The van der Waals surface area contributed by atoms with Gasteiger partial charge in [-0.25, -0.2) is 4.98 Å². The molecule has 3 rings (SSSR count). The maximum Gasteiger partial charge on any atom is 0.254 e. The van der Waals surface area contributed by atoms with Gasteiger partial charge >= 0.3 is 0 Å². The number of nitrogens with one attached hydrogen (secondary N) is 1. The Bertz CT molecular complexity index is 751. The zero-order valence-corrected chi connectivity index (χ0v) is 12.7. The molecule has 0 saturated carbocycles. The van der Waals surface area contributed by atoms with E-state index < -0.39 is 0 Å². The van der Waals surface area contributed by atoms with Gasteiger partial charge in [0.05, 0.1) is 11.3 Å². The number of amides is 1. The van der Waals surface area contributed by atoms with E-state index in [1.807, 2.05) is 13.0 Å². The van der Waals surface area contributed by atoms with Crippen molar-refractivity contribution in [2.24, 2.45) is 0 Å². The fourth-order valence-electron chi connectivity index (χ4n) is 2.97. The SMILES string of the molecule is Cc1cn2c(n1)[C@@H](CNC(=O)c1cc(C#N)oc1C)CCC2. The number of nitrogens with zero attached hydrogens (tertiary/aromatic N) is 3. The van der Waals surface area contributed by atoms with Gasteiger partial charge in [0.1, 0.15) is 17.7 Å². The van der Waals surface area contributed by atoms with Crippen LogP contribution in [0.2, 0.25) is 0 Å². The van der Waals surface area contributed by atoms with Crippen LogP contribution in [0, 0.1) is 25.2 Å². The van der Waals surface area contributed by atoms with Crippen molar-refractivity contribution < 1.29 is 9.21 Å². The smallest absolute Gasteiger partial charge is 0.254 e. The molecule has 0 aliphatic carbocycles. The minimum Gasteiger partial charge on any atom is -0.450 e. The zero-order valence-electron chi connectivity index (χ0n) is 12.7. The molecule has 0 unspecified atom stereocenters. The van der Waals surface area contributed by atoms with E-state index in [1.54, 1.807) is 6.92 Å². The van der Waals surface area contributed by atoms with E-state index in [9.17, 15) is 4.79 Å². The standard InChI is InChI=1S/C16H18N4O2/c1-10-9-20-5-3-4-12(15(20)19-10)8-18-16(21)14-6-13(7-17)22-11(14)2/h6,9,12H,3-5,8H2,1-2H3,(H,18,21)/t12-/m1/s1. The van der Waals surface area contributed by atoms with Crippen LogP contribution in [-0.4, -0.2) is 22.0 Å². The highest BCUT2D eigenvalue weighted by atomic mass is 16.3. The number of fused-ring (bicyclic) bond motifs is 1. The highest BCUT2D eigenvalue weighted by molar-refractivity contribution is 5.95. The van der Waals surface area contributed by atoms with Crippen molar-refractivity contribution in [1.82, 2.24) is 14.9 Å². The van der Waals surface area contributed by atoms with Crippen molar-refractivity contribution in [2.45, 2.75) is 39.2 Å². The van der Waals surface area contributed by atoms with Crippen molar-refractivity contribution in [3.05, 3.63) is 40.9 Å². The molecule has 0 spiro atoms. The van der Waals surface area contributed by atoms with Gasteiger partial charge in [0.25, 0.3) is 5.91 Å². The molecule has 0 fully saturated rings. The number of hydrogen-bond donors (Lipinski definition) is 1. The number of furan rings is 1. The molecule has 22 heavy (non-hydrogen) atoms. The Morgan fingerprint density at radius 3 is 3.14 bits per heavy atom. The van der Waals surface area contributed by atoms with E-state index in [0.29, 0.717) is 17.9 Å². The first-order valence-electron chi connectivity index (χ1n) is 7.41. The molecule has 0 aromatic carbocycles. The van der Waals surface area contributed by atoms with Crippen LogP contribution in [0.3, 0.4) is 0 Å². The van der Waals surface area contributed by atoms with Crippen molar-refractivity contribution in [2.75, 3.05) is 6.54 Å². The number of aryl methyl sites for hydroxylation is 3. The summed E-state index contributed by atoms with van der Waals surface area (Å²) in [6.45, 7) is 5.21. The molecular formula is C16H18N4O2. The molecule has 1 aliphatic heterocycles.